The molecule has 2 bridgehead atoms. The Morgan fingerprint density at radius 3 is 2.62 bits per heavy atom. The molecule has 74 valence electrons. The molecule has 0 aromatic carbocycles. The third-order valence-electron chi connectivity index (χ3n) is 3.81. The van der Waals surface area contributed by atoms with Gasteiger partial charge in [0.25, 0.3) is 0 Å². The predicted molar refractivity (Wildman–Crippen MR) is 52.2 cm³/mol. The van der Waals surface area contributed by atoms with Crippen LogP contribution in [0.1, 0.15) is 40.0 Å². The maximum atomic E-state index is 8.90. The van der Waals surface area contributed by atoms with E-state index >= 15 is 0 Å². The fourth-order valence-corrected chi connectivity index (χ4v) is 2.88. The maximum Gasteiger partial charge on any atom is 0.0771 e. The van der Waals surface area contributed by atoms with Gasteiger partial charge >= 0.3 is 0 Å². The van der Waals surface area contributed by atoms with Crippen molar-refractivity contribution in [3.8, 4) is 0 Å². The molecule has 1 saturated carbocycles. The van der Waals surface area contributed by atoms with E-state index in [-0.39, 0.29) is 11.1 Å². The van der Waals surface area contributed by atoms with Crippen LogP contribution in [0.3, 0.4) is 0 Å². The number of oxime groups is 1. The van der Waals surface area contributed by atoms with Gasteiger partial charge < -0.3 is 10.5 Å². The van der Waals surface area contributed by atoms with Gasteiger partial charge in [-0.25, -0.2) is 0 Å². The van der Waals surface area contributed by atoms with Crippen LogP contribution in [-0.2, 0) is 0 Å². The number of hydrogen-bond donors (Lipinski definition) is 2. The number of fused-ring (bicyclic) bond motifs is 3. The molecule has 2 N–H and O–H groups in total. The Kier molecular flexibility index (Phi) is 1.71. The van der Waals surface area contributed by atoms with Crippen molar-refractivity contribution in [3.05, 3.63) is 0 Å². The van der Waals surface area contributed by atoms with Crippen LogP contribution in [-0.4, -0.2) is 22.0 Å². The van der Waals surface area contributed by atoms with Crippen molar-refractivity contribution >= 4 is 5.71 Å². The number of nitrogens with zero attached hydrogens (tertiary/aromatic N) is 1. The summed E-state index contributed by atoms with van der Waals surface area (Å²) in [5.41, 5.74) is 1.07. The molecule has 2 heterocycles. The van der Waals surface area contributed by atoms with Crippen LogP contribution in [0.15, 0.2) is 5.16 Å². The molecule has 0 amide bonds. The van der Waals surface area contributed by atoms with E-state index in [1.54, 1.807) is 0 Å². The van der Waals surface area contributed by atoms with Gasteiger partial charge in [0.2, 0.25) is 0 Å². The summed E-state index contributed by atoms with van der Waals surface area (Å²) < 4.78 is 0. The number of rotatable bonds is 0. The molecule has 0 aromatic rings. The van der Waals surface area contributed by atoms with E-state index in [1.165, 1.54) is 6.42 Å². The lowest BCUT2D eigenvalue weighted by Crippen LogP contribution is -2.69. The lowest BCUT2D eigenvalue weighted by Gasteiger charge is -2.55. The zero-order chi connectivity index (χ0) is 9.69. The van der Waals surface area contributed by atoms with Crippen molar-refractivity contribution in [1.82, 2.24) is 5.32 Å². The van der Waals surface area contributed by atoms with Crippen molar-refractivity contribution in [2.45, 2.75) is 51.1 Å². The number of nitrogens with one attached hydrogen (secondary N) is 1. The summed E-state index contributed by atoms with van der Waals surface area (Å²) in [6, 6.07) is 0. The highest BCUT2D eigenvalue weighted by Gasteiger charge is 2.50. The average Bonchev–Trinajstić information content (AvgIpc) is 2.01. The molecule has 2 aliphatic heterocycles. The third kappa shape index (κ3) is 1.17. The lowest BCUT2D eigenvalue weighted by molar-refractivity contribution is 0.107. The van der Waals surface area contributed by atoms with E-state index in [1.807, 2.05) is 0 Å². The van der Waals surface area contributed by atoms with E-state index < -0.39 is 0 Å². The van der Waals surface area contributed by atoms with Gasteiger partial charge in [0.15, 0.2) is 0 Å². The van der Waals surface area contributed by atoms with Gasteiger partial charge in [-0.2, -0.15) is 0 Å². The van der Waals surface area contributed by atoms with E-state index in [4.69, 9.17) is 5.21 Å². The van der Waals surface area contributed by atoms with E-state index in [9.17, 15) is 0 Å². The highest BCUT2D eigenvalue weighted by molar-refractivity contribution is 5.94. The van der Waals surface area contributed by atoms with E-state index in [0.29, 0.717) is 5.92 Å². The van der Waals surface area contributed by atoms with Crippen LogP contribution in [0.5, 0.6) is 0 Å². The Morgan fingerprint density at radius 1 is 1.46 bits per heavy atom. The molecule has 2 atom stereocenters. The monoisotopic (exact) mass is 182 g/mol. The first-order valence-corrected chi connectivity index (χ1v) is 4.99. The smallest absolute Gasteiger partial charge is 0.0771 e. The predicted octanol–water partition coefficient (Wildman–Crippen LogP) is 1.76. The Morgan fingerprint density at radius 2 is 2.15 bits per heavy atom. The van der Waals surface area contributed by atoms with Crippen LogP contribution < -0.4 is 5.32 Å². The second kappa shape index (κ2) is 2.47. The summed E-state index contributed by atoms with van der Waals surface area (Å²) >= 11 is 0. The van der Waals surface area contributed by atoms with Gasteiger partial charge in [0.1, 0.15) is 0 Å². The molecular formula is C10H18N2O. The fraction of sp³-hybridized carbons (Fsp3) is 0.900. The molecule has 3 rings (SSSR count). The largest absolute Gasteiger partial charge is 0.411 e. The normalized spacial score (nSPS) is 45.5. The topological polar surface area (TPSA) is 44.6 Å². The van der Waals surface area contributed by atoms with Gasteiger partial charge in [-0.1, -0.05) is 5.16 Å². The Labute approximate surface area is 79.2 Å². The molecule has 0 aromatic heterocycles. The summed E-state index contributed by atoms with van der Waals surface area (Å²) in [7, 11) is 0. The minimum atomic E-state index is -0.0625. The van der Waals surface area contributed by atoms with Gasteiger partial charge in [0, 0.05) is 5.54 Å². The van der Waals surface area contributed by atoms with Crippen LogP contribution in [0.4, 0.5) is 0 Å². The molecule has 1 aliphatic carbocycles. The SMILES string of the molecule is CC1(C)N[C@]2(C)CC[C@H]1C/C2=N/O. The summed E-state index contributed by atoms with van der Waals surface area (Å²) in [5.74, 6) is 0.625. The lowest BCUT2D eigenvalue weighted by atomic mass is 9.63. The standard InChI is InChI=1S/C10H18N2O/c1-9(2)7-4-5-10(3,12-9)8(6-7)11-13/h7,12-13H,4-6H2,1-3H3/b11-8-/t7-,10+/m0/s1. The molecular weight excluding hydrogens is 164 g/mol. The van der Waals surface area contributed by atoms with Gasteiger partial charge in [-0.15, -0.1) is 0 Å². The van der Waals surface area contributed by atoms with Gasteiger partial charge in [-0.05, 0) is 46.0 Å². The van der Waals surface area contributed by atoms with Crippen LogP contribution in [0, 0.1) is 5.92 Å². The molecule has 3 nitrogen and oxygen atoms in total. The second-order valence-electron chi connectivity index (χ2n) is 5.17. The van der Waals surface area contributed by atoms with Crippen LogP contribution >= 0.6 is 0 Å². The Balaban J connectivity index is 2.34. The zero-order valence-electron chi connectivity index (χ0n) is 8.59. The summed E-state index contributed by atoms with van der Waals surface area (Å²) in [6.45, 7) is 6.62. The molecule has 0 spiro atoms. The molecule has 2 saturated heterocycles. The van der Waals surface area contributed by atoms with Crippen molar-refractivity contribution in [2.75, 3.05) is 0 Å². The molecule has 13 heavy (non-hydrogen) atoms. The van der Waals surface area contributed by atoms with Crippen molar-refractivity contribution in [3.63, 3.8) is 0 Å². The molecule has 0 radical (unpaired) electrons. The highest BCUT2D eigenvalue weighted by Crippen LogP contribution is 2.43. The molecule has 3 heteroatoms. The van der Waals surface area contributed by atoms with Crippen molar-refractivity contribution < 1.29 is 5.21 Å². The number of hydrogen-bond acceptors (Lipinski definition) is 3. The van der Waals surface area contributed by atoms with Crippen LogP contribution in [0.2, 0.25) is 0 Å². The minimum Gasteiger partial charge on any atom is -0.411 e. The summed E-state index contributed by atoms with van der Waals surface area (Å²) in [6.07, 6.45) is 3.29. The first-order chi connectivity index (χ1) is 5.98. The van der Waals surface area contributed by atoms with E-state index in [0.717, 1.165) is 18.6 Å². The second-order valence-corrected chi connectivity index (χ2v) is 5.17. The summed E-state index contributed by atoms with van der Waals surface area (Å²) in [4.78, 5) is 0. The Bertz CT molecular complexity index is 260. The van der Waals surface area contributed by atoms with Crippen molar-refractivity contribution in [1.29, 1.82) is 0 Å². The fourth-order valence-electron chi connectivity index (χ4n) is 2.88. The first kappa shape index (κ1) is 9.00. The minimum absolute atomic E-state index is 0.0625. The highest BCUT2D eigenvalue weighted by atomic mass is 16.4. The molecule has 3 fully saturated rings. The zero-order valence-corrected chi connectivity index (χ0v) is 8.59. The quantitative estimate of drug-likeness (QED) is 0.443. The van der Waals surface area contributed by atoms with Crippen LogP contribution in [0.25, 0.3) is 0 Å². The molecule has 3 aliphatic rings. The average molecular weight is 182 g/mol. The summed E-state index contributed by atoms with van der Waals surface area (Å²) in [5, 5.41) is 15.9. The Hall–Kier alpha value is -0.570. The third-order valence-corrected chi connectivity index (χ3v) is 3.81. The van der Waals surface area contributed by atoms with Gasteiger partial charge in [-0.3, -0.25) is 0 Å². The van der Waals surface area contributed by atoms with E-state index in [2.05, 4.69) is 31.2 Å². The van der Waals surface area contributed by atoms with Crippen molar-refractivity contribution in [2.24, 2.45) is 11.1 Å². The molecule has 0 unspecified atom stereocenters. The first-order valence-electron chi connectivity index (χ1n) is 4.99. The number of piperidine rings is 2. The van der Waals surface area contributed by atoms with Gasteiger partial charge in [0.05, 0.1) is 11.3 Å². The maximum absolute atomic E-state index is 8.90.